The fourth-order valence-corrected chi connectivity index (χ4v) is 3.59. The number of nitrogens with zero attached hydrogens (tertiary/aromatic N) is 2. The smallest absolute Gasteiger partial charge is 0.242 e. The Hall–Kier alpha value is -0.610. The number of hydrogen-bond acceptors (Lipinski definition) is 3. The summed E-state index contributed by atoms with van der Waals surface area (Å²) in [4.78, 5) is 17.2. The SMILES string of the molecule is CCN(CC)CC1CCN(C(=O)C2(C)CCCN2)CC1. The van der Waals surface area contributed by atoms with E-state index in [2.05, 4.69) is 35.9 Å². The molecule has 4 nitrogen and oxygen atoms in total. The molecule has 116 valence electrons. The highest BCUT2D eigenvalue weighted by Crippen LogP contribution is 2.25. The molecule has 2 fully saturated rings. The third-order valence-electron chi connectivity index (χ3n) is 5.15. The van der Waals surface area contributed by atoms with Crippen molar-refractivity contribution in [3.63, 3.8) is 0 Å². The van der Waals surface area contributed by atoms with Crippen LogP contribution in [0.4, 0.5) is 0 Å². The molecule has 2 aliphatic heterocycles. The minimum Gasteiger partial charge on any atom is -0.341 e. The normalized spacial score (nSPS) is 28.3. The molecule has 2 rings (SSSR count). The summed E-state index contributed by atoms with van der Waals surface area (Å²) in [7, 11) is 0. The van der Waals surface area contributed by atoms with Crippen molar-refractivity contribution in [3.8, 4) is 0 Å². The number of rotatable bonds is 5. The number of nitrogens with one attached hydrogen (secondary N) is 1. The van der Waals surface area contributed by atoms with E-state index in [0.717, 1.165) is 51.5 Å². The molecular weight excluding hydrogens is 250 g/mol. The zero-order valence-electron chi connectivity index (χ0n) is 13.5. The van der Waals surface area contributed by atoms with E-state index in [1.165, 1.54) is 19.4 Å². The van der Waals surface area contributed by atoms with Crippen LogP contribution in [-0.2, 0) is 4.79 Å². The van der Waals surface area contributed by atoms with Gasteiger partial charge in [-0.1, -0.05) is 13.8 Å². The molecule has 0 aromatic carbocycles. The van der Waals surface area contributed by atoms with Gasteiger partial charge >= 0.3 is 0 Å². The van der Waals surface area contributed by atoms with Crippen molar-refractivity contribution in [1.29, 1.82) is 0 Å². The molecule has 0 spiro atoms. The van der Waals surface area contributed by atoms with Crippen LogP contribution in [0.5, 0.6) is 0 Å². The minimum atomic E-state index is -0.286. The number of carbonyl (C=O) groups excluding carboxylic acids is 1. The summed E-state index contributed by atoms with van der Waals surface area (Å²) in [5.41, 5.74) is -0.286. The van der Waals surface area contributed by atoms with Gasteiger partial charge in [0, 0.05) is 19.6 Å². The Balaban J connectivity index is 1.80. The second-order valence-electron chi connectivity index (χ2n) is 6.58. The largest absolute Gasteiger partial charge is 0.341 e. The van der Waals surface area contributed by atoms with Crippen LogP contribution in [0.1, 0.15) is 46.5 Å². The van der Waals surface area contributed by atoms with E-state index >= 15 is 0 Å². The maximum Gasteiger partial charge on any atom is 0.242 e. The Bertz CT molecular complexity index is 314. The number of piperidine rings is 1. The lowest BCUT2D eigenvalue weighted by Crippen LogP contribution is -2.55. The van der Waals surface area contributed by atoms with E-state index in [4.69, 9.17) is 0 Å². The summed E-state index contributed by atoms with van der Waals surface area (Å²) in [5.74, 6) is 1.10. The van der Waals surface area contributed by atoms with Gasteiger partial charge in [-0.15, -0.1) is 0 Å². The molecule has 0 radical (unpaired) electrons. The summed E-state index contributed by atoms with van der Waals surface area (Å²) in [6.07, 6.45) is 4.45. The Kier molecular flexibility index (Phi) is 5.44. The van der Waals surface area contributed by atoms with Crippen LogP contribution < -0.4 is 5.32 Å². The van der Waals surface area contributed by atoms with E-state index in [0.29, 0.717) is 5.91 Å². The molecule has 0 aromatic rings. The van der Waals surface area contributed by atoms with Crippen molar-refractivity contribution in [3.05, 3.63) is 0 Å². The van der Waals surface area contributed by atoms with E-state index in [9.17, 15) is 4.79 Å². The van der Waals surface area contributed by atoms with Crippen molar-refractivity contribution in [2.45, 2.75) is 52.0 Å². The van der Waals surface area contributed by atoms with Crippen LogP contribution in [0.3, 0.4) is 0 Å². The fraction of sp³-hybridized carbons (Fsp3) is 0.938. The van der Waals surface area contributed by atoms with Gasteiger partial charge in [0.25, 0.3) is 0 Å². The third kappa shape index (κ3) is 3.53. The first-order valence-electron chi connectivity index (χ1n) is 8.35. The predicted molar refractivity (Wildman–Crippen MR) is 82.7 cm³/mol. The second-order valence-corrected chi connectivity index (χ2v) is 6.58. The lowest BCUT2D eigenvalue weighted by molar-refractivity contribution is -0.138. The van der Waals surface area contributed by atoms with E-state index in [-0.39, 0.29) is 5.54 Å². The molecule has 2 saturated heterocycles. The van der Waals surface area contributed by atoms with E-state index < -0.39 is 0 Å². The molecular formula is C16H31N3O. The summed E-state index contributed by atoms with van der Waals surface area (Å²) in [5, 5.41) is 3.39. The van der Waals surface area contributed by atoms with Gasteiger partial charge in [-0.2, -0.15) is 0 Å². The fourth-order valence-electron chi connectivity index (χ4n) is 3.59. The monoisotopic (exact) mass is 281 g/mol. The van der Waals surface area contributed by atoms with Crippen LogP contribution in [0.25, 0.3) is 0 Å². The molecule has 4 heteroatoms. The molecule has 1 unspecified atom stereocenters. The van der Waals surface area contributed by atoms with Gasteiger partial charge in [0.2, 0.25) is 5.91 Å². The highest BCUT2D eigenvalue weighted by Gasteiger charge is 2.39. The van der Waals surface area contributed by atoms with Crippen molar-refractivity contribution in [2.24, 2.45) is 5.92 Å². The zero-order chi connectivity index (χ0) is 14.6. The maximum atomic E-state index is 12.6. The van der Waals surface area contributed by atoms with Crippen molar-refractivity contribution in [2.75, 3.05) is 39.3 Å². The molecule has 1 atom stereocenters. The molecule has 1 N–H and O–H groups in total. The highest BCUT2D eigenvalue weighted by molar-refractivity contribution is 5.86. The van der Waals surface area contributed by atoms with Gasteiger partial charge in [-0.3, -0.25) is 4.79 Å². The molecule has 0 bridgehead atoms. The van der Waals surface area contributed by atoms with Gasteiger partial charge in [0.1, 0.15) is 0 Å². The first-order chi connectivity index (χ1) is 9.59. The zero-order valence-corrected chi connectivity index (χ0v) is 13.5. The molecule has 2 heterocycles. The molecule has 20 heavy (non-hydrogen) atoms. The van der Waals surface area contributed by atoms with Crippen LogP contribution >= 0.6 is 0 Å². The average Bonchev–Trinajstić information content (AvgIpc) is 2.92. The Morgan fingerprint density at radius 1 is 1.30 bits per heavy atom. The quantitative estimate of drug-likeness (QED) is 0.833. The highest BCUT2D eigenvalue weighted by atomic mass is 16.2. The van der Waals surface area contributed by atoms with Gasteiger partial charge in [0.05, 0.1) is 5.54 Å². The molecule has 2 aliphatic rings. The van der Waals surface area contributed by atoms with Gasteiger partial charge < -0.3 is 15.1 Å². The van der Waals surface area contributed by atoms with Crippen LogP contribution in [0, 0.1) is 5.92 Å². The first-order valence-corrected chi connectivity index (χ1v) is 8.35. The number of hydrogen-bond donors (Lipinski definition) is 1. The van der Waals surface area contributed by atoms with Crippen LogP contribution in [-0.4, -0.2) is 60.5 Å². The molecule has 0 aromatic heterocycles. The standard InChI is InChI=1S/C16H31N3O/c1-4-18(5-2)13-14-7-11-19(12-8-14)15(20)16(3)9-6-10-17-16/h14,17H,4-13H2,1-3H3. The summed E-state index contributed by atoms with van der Waals surface area (Å²) >= 11 is 0. The van der Waals surface area contributed by atoms with Crippen LogP contribution in [0.2, 0.25) is 0 Å². The summed E-state index contributed by atoms with van der Waals surface area (Å²) < 4.78 is 0. The lowest BCUT2D eigenvalue weighted by atomic mass is 9.92. The molecule has 0 aliphatic carbocycles. The maximum absolute atomic E-state index is 12.6. The minimum absolute atomic E-state index is 0.286. The topological polar surface area (TPSA) is 35.6 Å². The first kappa shape index (κ1) is 15.8. The summed E-state index contributed by atoms with van der Waals surface area (Å²) in [6.45, 7) is 12.9. The number of carbonyl (C=O) groups is 1. The van der Waals surface area contributed by atoms with Crippen molar-refractivity contribution in [1.82, 2.24) is 15.1 Å². The predicted octanol–water partition coefficient (Wildman–Crippen LogP) is 1.71. The Labute approximate surface area is 123 Å². The Morgan fingerprint density at radius 3 is 2.45 bits per heavy atom. The number of amides is 1. The van der Waals surface area contributed by atoms with Crippen molar-refractivity contribution >= 4 is 5.91 Å². The van der Waals surface area contributed by atoms with Gasteiger partial charge in [-0.25, -0.2) is 0 Å². The van der Waals surface area contributed by atoms with Gasteiger partial charge in [0.15, 0.2) is 0 Å². The van der Waals surface area contributed by atoms with E-state index in [1.54, 1.807) is 0 Å². The lowest BCUT2D eigenvalue weighted by Gasteiger charge is -2.38. The molecule has 1 amide bonds. The number of likely N-dealkylation sites (tertiary alicyclic amines) is 1. The third-order valence-corrected chi connectivity index (χ3v) is 5.15. The Morgan fingerprint density at radius 2 is 1.95 bits per heavy atom. The average molecular weight is 281 g/mol. The van der Waals surface area contributed by atoms with E-state index in [1.807, 2.05) is 0 Å². The molecule has 0 saturated carbocycles. The van der Waals surface area contributed by atoms with Crippen LogP contribution in [0.15, 0.2) is 0 Å². The van der Waals surface area contributed by atoms with Gasteiger partial charge in [-0.05, 0) is 58.2 Å². The summed E-state index contributed by atoms with van der Waals surface area (Å²) in [6, 6.07) is 0. The second kappa shape index (κ2) is 6.90. The van der Waals surface area contributed by atoms with Crippen molar-refractivity contribution < 1.29 is 4.79 Å².